The molecule has 2 aromatic heterocycles. The van der Waals surface area contributed by atoms with Gasteiger partial charge in [0.1, 0.15) is 5.82 Å². The molecule has 3 heterocycles. The van der Waals surface area contributed by atoms with Gasteiger partial charge in [0.05, 0.1) is 34.7 Å². The van der Waals surface area contributed by atoms with Gasteiger partial charge in [-0.05, 0) is 50.1 Å². The van der Waals surface area contributed by atoms with Gasteiger partial charge in [-0.3, -0.25) is 9.80 Å². The van der Waals surface area contributed by atoms with Crippen molar-refractivity contribution < 1.29 is 4.79 Å². The fourth-order valence-electron chi connectivity index (χ4n) is 4.03. The summed E-state index contributed by atoms with van der Waals surface area (Å²) in [6, 6.07) is 12.0. The molecule has 0 unspecified atom stereocenters. The number of imidazole rings is 1. The first kappa shape index (κ1) is 18.5. The van der Waals surface area contributed by atoms with Crippen LogP contribution in [-0.4, -0.2) is 54.0 Å². The van der Waals surface area contributed by atoms with E-state index >= 15 is 0 Å². The fraction of sp³-hybridized carbons (Fsp3) is 0.273. The maximum Gasteiger partial charge on any atom is 0.270 e. The molecule has 1 amide bonds. The van der Waals surface area contributed by atoms with E-state index in [1.165, 1.54) is 4.80 Å². The van der Waals surface area contributed by atoms with E-state index in [0.717, 1.165) is 41.0 Å². The van der Waals surface area contributed by atoms with Gasteiger partial charge in [0.25, 0.3) is 5.91 Å². The Labute approximate surface area is 174 Å². The Morgan fingerprint density at radius 3 is 2.73 bits per heavy atom. The second kappa shape index (κ2) is 7.38. The lowest BCUT2D eigenvalue weighted by Gasteiger charge is -2.28. The van der Waals surface area contributed by atoms with Gasteiger partial charge in [-0.2, -0.15) is 15.0 Å². The lowest BCUT2D eigenvalue weighted by atomic mass is 10.1. The third-order valence-electron chi connectivity index (χ3n) is 5.41. The molecule has 1 fully saturated rings. The number of carbonyl (C=O) groups is 1. The number of rotatable bonds is 4. The van der Waals surface area contributed by atoms with Crippen molar-refractivity contribution in [2.45, 2.75) is 26.8 Å². The van der Waals surface area contributed by atoms with Crippen LogP contribution in [-0.2, 0) is 6.54 Å². The minimum absolute atomic E-state index is 0.0260. The van der Waals surface area contributed by atoms with Gasteiger partial charge in [0.15, 0.2) is 0 Å². The van der Waals surface area contributed by atoms with Crippen LogP contribution in [0.4, 0.5) is 0 Å². The van der Waals surface area contributed by atoms with Gasteiger partial charge in [-0.1, -0.05) is 17.7 Å². The van der Waals surface area contributed by atoms with Crippen LogP contribution in [0.2, 0.25) is 0 Å². The molecule has 1 aliphatic rings. The van der Waals surface area contributed by atoms with E-state index in [2.05, 4.69) is 37.3 Å². The Balaban J connectivity index is 1.43. The van der Waals surface area contributed by atoms with Gasteiger partial charge in [-0.15, -0.1) is 0 Å². The van der Waals surface area contributed by atoms with Crippen molar-refractivity contribution in [2.24, 2.45) is 0 Å². The predicted octanol–water partition coefficient (Wildman–Crippen LogP) is 3.02. The number of fused-ring (bicyclic) bond motifs is 1. The summed E-state index contributed by atoms with van der Waals surface area (Å²) in [5, 5.41) is 12.4. The summed E-state index contributed by atoms with van der Waals surface area (Å²) in [6.45, 7) is 6.15. The highest BCUT2D eigenvalue weighted by Gasteiger charge is 2.29. The van der Waals surface area contributed by atoms with E-state index in [9.17, 15) is 4.79 Å². The van der Waals surface area contributed by atoms with E-state index in [-0.39, 0.29) is 5.91 Å². The average molecular weight is 401 g/mol. The van der Waals surface area contributed by atoms with Crippen LogP contribution in [0.3, 0.4) is 0 Å². The molecule has 0 aliphatic carbocycles. The van der Waals surface area contributed by atoms with E-state index in [0.29, 0.717) is 24.3 Å². The van der Waals surface area contributed by atoms with Crippen molar-refractivity contribution in [1.82, 2.24) is 35.0 Å². The largest absolute Gasteiger partial charge is 0.342 e. The third-order valence-corrected chi connectivity index (χ3v) is 5.41. The number of aromatic nitrogens is 5. The third kappa shape index (κ3) is 3.35. The zero-order valence-electron chi connectivity index (χ0n) is 17.0. The molecule has 5 rings (SSSR count). The van der Waals surface area contributed by atoms with Crippen molar-refractivity contribution in [3.63, 3.8) is 0 Å². The number of hydrazine groups is 1. The highest BCUT2D eigenvalue weighted by Crippen LogP contribution is 2.23. The van der Waals surface area contributed by atoms with Gasteiger partial charge >= 0.3 is 0 Å². The van der Waals surface area contributed by atoms with Crippen LogP contribution in [0.5, 0.6) is 0 Å². The number of hydrogen-bond acceptors (Lipinski definition) is 5. The highest BCUT2D eigenvalue weighted by molar-refractivity contribution is 5.97. The molecule has 0 atom stereocenters. The molecule has 0 spiro atoms. The summed E-state index contributed by atoms with van der Waals surface area (Å²) in [7, 11) is 0. The first-order chi connectivity index (χ1) is 14.6. The Hall–Kier alpha value is -3.52. The first-order valence-corrected chi connectivity index (χ1v) is 10.1. The summed E-state index contributed by atoms with van der Waals surface area (Å²) in [5.41, 5.74) is 5.45. The molecule has 0 radical (unpaired) electrons. The molecule has 1 saturated heterocycles. The highest BCUT2D eigenvalue weighted by atomic mass is 16.2. The predicted molar refractivity (Wildman–Crippen MR) is 113 cm³/mol. The molecule has 8 nitrogen and oxygen atoms in total. The molecule has 2 aromatic carbocycles. The number of aromatic amines is 1. The number of carbonyl (C=O) groups excluding carboxylic acids is 1. The zero-order valence-corrected chi connectivity index (χ0v) is 17.0. The van der Waals surface area contributed by atoms with Crippen LogP contribution in [0, 0.1) is 13.8 Å². The Morgan fingerprint density at radius 1 is 1.07 bits per heavy atom. The van der Waals surface area contributed by atoms with Gasteiger partial charge in [0, 0.05) is 19.6 Å². The summed E-state index contributed by atoms with van der Waals surface area (Å²) in [5.74, 6) is 0.876. The van der Waals surface area contributed by atoms with Crippen LogP contribution >= 0.6 is 0 Å². The average Bonchev–Trinajstić information content (AvgIpc) is 3.47. The SMILES string of the molecule is Cc1ccc(-n2nccn2)c(C(=O)N2CCCN2Cc2ccc3nc(C)[nH]c3c2)c1. The number of nitrogens with one attached hydrogen (secondary N) is 1. The van der Waals surface area contributed by atoms with Gasteiger partial charge in [0.2, 0.25) is 0 Å². The molecule has 4 aromatic rings. The maximum absolute atomic E-state index is 13.5. The van der Waals surface area contributed by atoms with Crippen molar-refractivity contribution in [3.05, 3.63) is 71.3 Å². The lowest BCUT2D eigenvalue weighted by Crippen LogP contribution is -2.41. The topological polar surface area (TPSA) is 82.9 Å². The van der Waals surface area contributed by atoms with Crippen molar-refractivity contribution in [1.29, 1.82) is 0 Å². The van der Waals surface area contributed by atoms with Crippen LogP contribution < -0.4 is 0 Å². The molecule has 1 aliphatic heterocycles. The maximum atomic E-state index is 13.5. The van der Waals surface area contributed by atoms with Crippen molar-refractivity contribution in [2.75, 3.05) is 13.1 Å². The Kier molecular flexibility index (Phi) is 4.55. The Morgan fingerprint density at radius 2 is 1.90 bits per heavy atom. The summed E-state index contributed by atoms with van der Waals surface area (Å²) >= 11 is 0. The smallest absolute Gasteiger partial charge is 0.270 e. The van der Waals surface area contributed by atoms with E-state index < -0.39 is 0 Å². The molecule has 0 saturated carbocycles. The molecule has 0 bridgehead atoms. The normalized spacial score (nSPS) is 14.7. The molecule has 152 valence electrons. The standard InChI is InChI=1S/C22H23N7O/c1-15-4-7-21(29-23-8-9-24-29)18(12-15)22(30)28-11-3-10-27(28)14-17-5-6-19-20(13-17)26-16(2)25-19/h4-9,12-13H,3,10-11,14H2,1-2H3,(H,25,26). The molecule has 1 N–H and O–H groups in total. The van der Waals surface area contributed by atoms with Crippen LogP contribution in [0.25, 0.3) is 16.7 Å². The minimum atomic E-state index is -0.0260. The second-order valence-corrected chi connectivity index (χ2v) is 7.68. The van der Waals surface area contributed by atoms with Crippen LogP contribution in [0.1, 0.15) is 33.7 Å². The van der Waals surface area contributed by atoms with E-state index in [1.54, 1.807) is 12.4 Å². The summed E-state index contributed by atoms with van der Waals surface area (Å²) in [6.07, 6.45) is 4.17. The van der Waals surface area contributed by atoms with E-state index in [4.69, 9.17) is 0 Å². The number of hydrogen-bond donors (Lipinski definition) is 1. The second-order valence-electron chi connectivity index (χ2n) is 7.68. The van der Waals surface area contributed by atoms with Gasteiger partial charge in [-0.25, -0.2) is 9.99 Å². The molecule has 30 heavy (non-hydrogen) atoms. The number of nitrogens with zero attached hydrogens (tertiary/aromatic N) is 6. The number of aryl methyl sites for hydroxylation is 2. The first-order valence-electron chi connectivity index (χ1n) is 10.1. The minimum Gasteiger partial charge on any atom is -0.342 e. The van der Waals surface area contributed by atoms with Gasteiger partial charge < -0.3 is 4.98 Å². The fourth-order valence-corrected chi connectivity index (χ4v) is 4.03. The Bertz CT molecular complexity index is 1210. The van der Waals surface area contributed by atoms with Crippen LogP contribution in [0.15, 0.2) is 48.8 Å². The molecular formula is C22H23N7O. The molecular weight excluding hydrogens is 378 g/mol. The lowest BCUT2D eigenvalue weighted by molar-refractivity contribution is 0.0170. The van der Waals surface area contributed by atoms with E-state index in [1.807, 2.05) is 43.1 Å². The number of amides is 1. The molecule has 8 heteroatoms. The summed E-state index contributed by atoms with van der Waals surface area (Å²) in [4.78, 5) is 22.8. The number of H-pyrrole nitrogens is 1. The monoisotopic (exact) mass is 401 g/mol. The van der Waals surface area contributed by atoms with Crippen molar-refractivity contribution in [3.8, 4) is 5.69 Å². The van der Waals surface area contributed by atoms with Crippen molar-refractivity contribution >= 4 is 16.9 Å². The quantitative estimate of drug-likeness (QED) is 0.568. The zero-order chi connectivity index (χ0) is 20.7. The summed E-state index contributed by atoms with van der Waals surface area (Å²) < 4.78 is 0. The number of benzene rings is 2.